The third-order valence-corrected chi connectivity index (χ3v) is 6.12. The molecule has 0 aromatic carbocycles. The number of nitrogens with zero attached hydrogens (tertiary/aromatic N) is 2. The number of aryl methyl sites for hydroxylation is 1. The predicted octanol–water partition coefficient (Wildman–Crippen LogP) is 1.99. The molecule has 8 nitrogen and oxygen atoms in total. The maximum Gasteiger partial charge on any atom is 0.321 e. The van der Waals surface area contributed by atoms with Gasteiger partial charge in [-0.1, -0.05) is 18.7 Å². The molecule has 2 aromatic rings. The Balaban J connectivity index is 2.36. The first-order chi connectivity index (χ1) is 12.9. The second kappa shape index (κ2) is 9.86. The fraction of sp³-hybridized carbons (Fsp3) is 0.529. The lowest BCUT2D eigenvalue weighted by Gasteiger charge is -2.15. The number of urea groups is 1. The van der Waals surface area contributed by atoms with Crippen LogP contribution in [0.25, 0.3) is 10.2 Å². The molecule has 0 unspecified atom stereocenters. The van der Waals surface area contributed by atoms with Crippen molar-refractivity contribution in [3.05, 3.63) is 21.3 Å². The van der Waals surface area contributed by atoms with Crippen molar-refractivity contribution >= 4 is 45.3 Å². The zero-order chi connectivity index (χ0) is 20.0. The van der Waals surface area contributed by atoms with Gasteiger partial charge < -0.3 is 10.1 Å². The number of fused-ring (bicyclic) bond motifs is 1. The molecule has 0 fully saturated rings. The topological polar surface area (TPSA) is 102 Å². The summed E-state index contributed by atoms with van der Waals surface area (Å²) in [5, 5.41) is 5.06. The van der Waals surface area contributed by atoms with Crippen molar-refractivity contribution in [3.63, 3.8) is 0 Å². The minimum Gasteiger partial charge on any atom is -0.385 e. The predicted molar refractivity (Wildman–Crippen MR) is 108 cm³/mol. The largest absolute Gasteiger partial charge is 0.385 e. The number of thiophene rings is 1. The van der Waals surface area contributed by atoms with Gasteiger partial charge in [0.2, 0.25) is 5.91 Å². The molecule has 0 aliphatic rings. The quantitative estimate of drug-likeness (QED) is 0.391. The van der Waals surface area contributed by atoms with Crippen LogP contribution in [0.3, 0.4) is 0 Å². The number of hydrogen-bond donors (Lipinski definition) is 2. The van der Waals surface area contributed by atoms with Crippen molar-refractivity contribution in [2.75, 3.05) is 20.8 Å². The Morgan fingerprint density at radius 1 is 1.44 bits per heavy atom. The first-order valence-corrected chi connectivity index (χ1v) is 10.3. The van der Waals surface area contributed by atoms with Gasteiger partial charge in [-0.05, 0) is 25.8 Å². The molecule has 148 valence electrons. The molecular weight excluding hydrogens is 388 g/mol. The summed E-state index contributed by atoms with van der Waals surface area (Å²) in [4.78, 5) is 42.9. The number of imide groups is 1. The van der Waals surface area contributed by atoms with Gasteiger partial charge in [0.1, 0.15) is 4.83 Å². The van der Waals surface area contributed by atoms with E-state index in [1.165, 1.54) is 18.4 Å². The second-order valence-electron chi connectivity index (χ2n) is 5.81. The maximum absolute atomic E-state index is 13.0. The average molecular weight is 413 g/mol. The van der Waals surface area contributed by atoms with E-state index in [-0.39, 0.29) is 5.56 Å². The summed E-state index contributed by atoms with van der Waals surface area (Å²) >= 11 is 2.65. The molecule has 27 heavy (non-hydrogen) atoms. The highest BCUT2D eigenvalue weighted by Crippen LogP contribution is 2.27. The molecule has 3 amide bonds. The zero-order valence-electron chi connectivity index (χ0n) is 15.8. The van der Waals surface area contributed by atoms with Crippen LogP contribution in [0.4, 0.5) is 4.79 Å². The first kappa shape index (κ1) is 21.4. The van der Waals surface area contributed by atoms with Gasteiger partial charge in [-0.25, -0.2) is 9.78 Å². The van der Waals surface area contributed by atoms with Crippen molar-refractivity contribution in [1.82, 2.24) is 20.2 Å². The molecule has 0 radical (unpaired) electrons. The van der Waals surface area contributed by atoms with Crippen LogP contribution in [0, 0.1) is 0 Å². The van der Waals surface area contributed by atoms with Crippen molar-refractivity contribution in [3.8, 4) is 0 Å². The van der Waals surface area contributed by atoms with Crippen molar-refractivity contribution in [2.24, 2.45) is 0 Å². The number of nitrogens with one attached hydrogen (secondary N) is 2. The van der Waals surface area contributed by atoms with Crippen molar-refractivity contribution < 1.29 is 14.3 Å². The van der Waals surface area contributed by atoms with Gasteiger partial charge in [-0.2, -0.15) is 0 Å². The summed E-state index contributed by atoms with van der Waals surface area (Å²) in [6.07, 6.45) is 1.48. The van der Waals surface area contributed by atoms with E-state index in [2.05, 4.69) is 15.6 Å². The van der Waals surface area contributed by atoms with Crippen molar-refractivity contribution in [1.29, 1.82) is 0 Å². The van der Waals surface area contributed by atoms with E-state index in [9.17, 15) is 14.4 Å². The van der Waals surface area contributed by atoms with E-state index in [1.54, 1.807) is 18.6 Å². The smallest absolute Gasteiger partial charge is 0.321 e. The molecule has 0 bridgehead atoms. The second-order valence-corrected chi connectivity index (χ2v) is 8.23. The minimum atomic E-state index is -0.592. The van der Waals surface area contributed by atoms with Gasteiger partial charge in [0.05, 0.1) is 10.6 Å². The van der Waals surface area contributed by atoms with Gasteiger partial charge in [0, 0.05) is 32.2 Å². The van der Waals surface area contributed by atoms with E-state index in [0.29, 0.717) is 34.9 Å². The molecule has 2 heterocycles. The van der Waals surface area contributed by atoms with Gasteiger partial charge >= 0.3 is 6.03 Å². The van der Waals surface area contributed by atoms with Gasteiger partial charge in [0.15, 0.2) is 5.16 Å². The summed E-state index contributed by atoms with van der Waals surface area (Å²) < 4.78 is 6.66. The lowest BCUT2D eigenvalue weighted by atomic mass is 10.3. The molecule has 10 heteroatoms. The Bertz CT molecular complexity index is 878. The molecule has 0 aliphatic carbocycles. The van der Waals surface area contributed by atoms with E-state index in [0.717, 1.165) is 23.1 Å². The third-order valence-electron chi connectivity index (χ3n) is 3.86. The Labute approximate surface area is 165 Å². The molecule has 0 aliphatic heterocycles. The number of aromatic nitrogens is 2. The molecule has 0 saturated carbocycles. The van der Waals surface area contributed by atoms with E-state index >= 15 is 0 Å². The molecule has 0 spiro atoms. The monoisotopic (exact) mass is 412 g/mol. The van der Waals surface area contributed by atoms with Crippen LogP contribution in [0.2, 0.25) is 0 Å². The zero-order valence-corrected chi connectivity index (χ0v) is 17.5. The first-order valence-electron chi connectivity index (χ1n) is 8.62. The van der Waals surface area contributed by atoms with Gasteiger partial charge in [-0.15, -0.1) is 11.3 Å². The van der Waals surface area contributed by atoms with Crippen LogP contribution >= 0.6 is 23.1 Å². The molecular formula is C17H24N4O4S2. The fourth-order valence-electron chi connectivity index (χ4n) is 2.36. The Morgan fingerprint density at radius 2 is 2.19 bits per heavy atom. The molecule has 2 rings (SSSR count). The number of methoxy groups -OCH3 is 1. The maximum atomic E-state index is 13.0. The summed E-state index contributed by atoms with van der Waals surface area (Å²) in [6, 6.07) is 1.32. The third kappa shape index (κ3) is 5.30. The van der Waals surface area contributed by atoms with E-state index in [4.69, 9.17) is 4.74 Å². The number of thioether (sulfide) groups is 1. The summed E-state index contributed by atoms with van der Waals surface area (Å²) in [7, 11) is 3.04. The number of amides is 3. The number of rotatable bonds is 8. The van der Waals surface area contributed by atoms with Crippen LogP contribution in [-0.4, -0.2) is 47.5 Å². The SMILES string of the molecule is CCc1cc2c(=O)n(CCCOC)c(S[C@H](C)C(=O)NC(=O)NC)nc2s1. The highest BCUT2D eigenvalue weighted by Gasteiger charge is 2.21. The highest BCUT2D eigenvalue weighted by atomic mass is 32.2. The summed E-state index contributed by atoms with van der Waals surface area (Å²) in [5.41, 5.74) is -0.117. The number of hydrogen-bond acceptors (Lipinski definition) is 7. The highest BCUT2D eigenvalue weighted by molar-refractivity contribution is 8.00. The molecule has 1 atom stereocenters. The Hall–Kier alpha value is -1.91. The van der Waals surface area contributed by atoms with E-state index < -0.39 is 17.2 Å². The lowest BCUT2D eigenvalue weighted by molar-refractivity contribution is -0.119. The Kier molecular flexibility index (Phi) is 7.81. The normalized spacial score (nSPS) is 12.1. The minimum absolute atomic E-state index is 0.117. The van der Waals surface area contributed by atoms with Crippen LogP contribution in [0.1, 0.15) is 25.1 Å². The lowest BCUT2D eigenvalue weighted by Crippen LogP contribution is -2.41. The summed E-state index contributed by atoms with van der Waals surface area (Å²) in [6.45, 7) is 4.66. The van der Waals surface area contributed by atoms with Crippen LogP contribution in [0.15, 0.2) is 16.0 Å². The van der Waals surface area contributed by atoms with Crippen molar-refractivity contribution in [2.45, 2.75) is 43.6 Å². The van der Waals surface area contributed by atoms with Crippen LogP contribution < -0.4 is 16.2 Å². The molecule has 0 saturated heterocycles. The van der Waals surface area contributed by atoms with Gasteiger partial charge in [0.25, 0.3) is 5.56 Å². The average Bonchev–Trinajstić information content (AvgIpc) is 3.07. The van der Waals surface area contributed by atoms with Crippen LogP contribution in [0.5, 0.6) is 0 Å². The fourth-order valence-corrected chi connectivity index (χ4v) is 4.31. The van der Waals surface area contributed by atoms with E-state index in [1.807, 2.05) is 13.0 Å². The van der Waals surface area contributed by atoms with Crippen LogP contribution in [-0.2, 0) is 22.5 Å². The number of carbonyl (C=O) groups excluding carboxylic acids is 2. The Morgan fingerprint density at radius 3 is 2.81 bits per heavy atom. The number of ether oxygens (including phenoxy) is 1. The standard InChI is InChI=1S/C17H24N4O4S2/c1-5-11-9-12-14(27-11)20-17(21(15(12)23)7-6-8-25-4)26-10(2)13(22)19-16(24)18-3/h9-10H,5-8H2,1-4H3,(H2,18,19,22,24)/t10-/m1/s1. The molecule has 2 N–H and O–H groups in total. The number of carbonyl (C=O) groups is 2. The summed E-state index contributed by atoms with van der Waals surface area (Å²) in [5.74, 6) is -0.447. The van der Waals surface area contributed by atoms with Gasteiger partial charge in [-0.3, -0.25) is 19.5 Å². The molecule has 2 aromatic heterocycles.